The lowest BCUT2D eigenvalue weighted by Crippen LogP contribution is -2.62. The van der Waals surface area contributed by atoms with Gasteiger partial charge in [0.1, 0.15) is 6.61 Å². The molecule has 1 unspecified atom stereocenters. The average Bonchev–Trinajstić information content (AvgIpc) is 3.35. The van der Waals surface area contributed by atoms with Gasteiger partial charge in [-0.3, -0.25) is 15.0 Å². The fourth-order valence-corrected chi connectivity index (χ4v) is 4.53. The molecule has 1 saturated heterocycles. The van der Waals surface area contributed by atoms with E-state index in [9.17, 15) is 24.3 Å². The zero-order valence-corrected chi connectivity index (χ0v) is 20.1. The summed E-state index contributed by atoms with van der Waals surface area (Å²) in [5.41, 5.74) is 4.31. The first-order valence-electron chi connectivity index (χ1n) is 11.4. The first-order valence-corrected chi connectivity index (χ1v) is 11.4. The summed E-state index contributed by atoms with van der Waals surface area (Å²) in [6.45, 7) is 6.60. The van der Waals surface area contributed by atoms with Crippen molar-refractivity contribution in [3.8, 4) is 11.1 Å². The van der Waals surface area contributed by atoms with E-state index in [1.165, 1.54) is 0 Å². The van der Waals surface area contributed by atoms with Gasteiger partial charge in [-0.05, 0) is 49.9 Å². The van der Waals surface area contributed by atoms with Gasteiger partial charge < -0.3 is 15.2 Å². The second kappa shape index (κ2) is 8.72. The molecule has 184 valence electrons. The Morgan fingerprint density at radius 1 is 1.03 bits per heavy atom. The number of rotatable bonds is 6. The predicted octanol–water partition coefficient (Wildman–Crippen LogP) is 3.05. The molecule has 1 aliphatic heterocycles. The lowest BCUT2D eigenvalue weighted by molar-refractivity contribution is -0.157. The predicted molar refractivity (Wildman–Crippen MR) is 127 cm³/mol. The number of carboxylic acid groups (broad SMARTS) is 1. The number of alkyl carbamates (subject to hydrolysis) is 1. The Kier molecular flexibility index (Phi) is 6.04. The van der Waals surface area contributed by atoms with Crippen LogP contribution in [0.3, 0.4) is 0 Å². The van der Waals surface area contributed by atoms with Crippen molar-refractivity contribution in [2.45, 2.75) is 51.6 Å². The summed E-state index contributed by atoms with van der Waals surface area (Å²) in [5.74, 6) is -2.57. The summed E-state index contributed by atoms with van der Waals surface area (Å²) in [4.78, 5) is 49.4. The molecule has 1 aliphatic carbocycles. The van der Waals surface area contributed by atoms with Crippen LogP contribution in [0.25, 0.3) is 11.1 Å². The molecular formula is C26H29N3O6. The average molecular weight is 480 g/mol. The molecule has 35 heavy (non-hydrogen) atoms. The molecule has 2 aliphatic rings. The van der Waals surface area contributed by atoms with E-state index in [1.807, 2.05) is 48.5 Å². The van der Waals surface area contributed by atoms with Crippen LogP contribution in [0.5, 0.6) is 0 Å². The van der Waals surface area contributed by atoms with Gasteiger partial charge in [0, 0.05) is 5.92 Å². The SMILES string of the molecule is CC(C)(NC(=O)OCC1c2ccccc2-c2ccccc21)C(C)(C)C(=O)N1NC(=O)CC1C(=O)O. The second-order valence-corrected chi connectivity index (χ2v) is 9.97. The van der Waals surface area contributed by atoms with Gasteiger partial charge in [0.15, 0.2) is 6.04 Å². The van der Waals surface area contributed by atoms with Crippen LogP contribution in [0.4, 0.5) is 4.79 Å². The molecule has 3 amide bonds. The third kappa shape index (κ3) is 4.22. The van der Waals surface area contributed by atoms with E-state index in [2.05, 4.69) is 10.7 Å². The molecule has 0 aromatic heterocycles. The molecule has 9 nitrogen and oxygen atoms in total. The molecular weight excluding hydrogens is 450 g/mol. The van der Waals surface area contributed by atoms with Crippen molar-refractivity contribution >= 4 is 23.9 Å². The smallest absolute Gasteiger partial charge is 0.407 e. The highest BCUT2D eigenvalue weighted by molar-refractivity contribution is 5.96. The number of carbonyl (C=O) groups is 4. The van der Waals surface area contributed by atoms with Crippen molar-refractivity contribution in [2.75, 3.05) is 6.61 Å². The molecule has 0 spiro atoms. The number of benzene rings is 2. The summed E-state index contributed by atoms with van der Waals surface area (Å²) in [6.07, 6.45) is -1.02. The van der Waals surface area contributed by atoms with E-state index < -0.39 is 40.9 Å². The second-order valence-electron chi connectivity index (χ2n) is 9.97. The number of nitrogens with one attached hydrogen (secondary N) is 2. The molecule has 4 rings (SSSR count). The minimum absolute atomic E-state index is 0.109. The van der Waals surface area contributed by atoms with Crippen molar-refractivity contribution in [1.82, 2.24) is 15.8 Å². The van der Waals surface area contributed by atoms with Gasteiger partial charge in [-0.15, -0.1) is 0 Å². The number of nitrogens with zero attached hydrogens (tertiary/aromatic N) is 1. The molecule has 0 saturated carbocycles. The normalized spacial score (nSPS) is 17.4. The maximum absolute atomic E-state index is 13.3. The van der Waals surface area contributed by atoms with Crippen LogP contribution >= 0.6 is 0 Å². The van der Waals surface area contributed by atoms with E-state index in [0.717, 1.165) is 27.3 Å². The molecule has 1 fully saturated rings. The number of aliphatic carboxylic acids is 1. The first kappa shape index (κ1) is 24.3. The van der Waals surface area contributed by atoms with E-state index >= 15 is 0 Å². The van der Waals surface area contributed by atoms with Crippen LogP contribution in [0.2, 0.25) is 0 Å². The number of carboxylic acids is 1. The number of carbonyl (C=O) groups excluding carboxylic acids is 3. The molecule has 3 N–H and O–H groups in total. The summed E-state index contributed by atoms with van der Waals surface area (Å²) in [6, 6.07) is 14.7. The Morgan fingerprint density at radius 3 is 2.11 bits per heavy atom. The fourth-order valence-electron chi connectivity index (χ4n) is 4.53. The highest BCUT2D eigenvalue weighted by Crippen LogP contribution is 2.44. The molecule has 2 aromatic carbocycles. The van der Waals surface area contributed by atoms with Gasteiger partial charge in [0.05, 0.1) is 17.4 Å². The molecule has 0 radical (unpaired) electrons. The van der Waals surface area contributed by atoms with Gasteiger partial charge in [0.25, 0.3) is 0 Å². The number of ether oxygens (including phenoxy) is 1. The van der Waals surface area contributed by atoms with Crippen molar-refractivity contribution < 1.29 is 29.0 Å². The summed E-state index contributed by atoms with van der Waals surface area (Å²) < 4.78 is 5.61. The van der Waals surface area contributed by atoms with Crippen LogP contribution in [-0.2, 0) is 19.1 Å². The van der Waals surface area contributed by atoms with Crippen LogP contribution in [0.1, 0.15) is 51.2 Å². The minimum atomic E-state index is -1.31. The standard InChI is InChI=1S/C26H29N3O6/c1-25(2,23(33)29-20(22(31)32)13-21(30)28-29)26(3,4)27-24(34)35-14-19-17-11-7-5-9-15(17)16-10-6-8-12-18(16)19/h5-12,19-20H,13-14H2,1-4H3,(H,27,34)(H,28,30)(H,31,32). The highest BCUT2D eigenvalue weighted by Gasteiger charge is 2.51. The molecule has 1 atom stereocenters. The van der Waals surface area contributed by atoms with Gasteiger partial charge in [-0.25, -0.2) is 14.6 Å². The third-order valence-electron chi connectivity index (χ3n) is 7.29. The quantitative estimate of drug-likeness (QED) is 0.585. The van der Waals surface area contributed by atoms with Gasteiger partial charge >= 0.3 is 12.1 Å². The van der Waals surface area contributed by atoms with Crippen LogP contribution in [-0.4, -0.2) is 52.2 Å². The summed E-state index contributed by atoms with van der Waals surface area (Å²) in [5, 5.41) is 13.0. The van der Waals surface area contributed by atoms with E-state index in [-0.39, 0.29) is 18.9 Å². The minimum Gasteiger partial charge on any atom is -0.480 e. The number of hydrazine groups is 1. The number of fused-ring (bicyclic) bond motifs is 3. The van der Waals surface area contributed by atoms with Gasteiger partial charge in [0.2, 0.25) is 11.8 Å². The Morgan fingerprint density at radius 2 is 1.57 bits per heavy atom. The van der Waals surface area contributed by atoms with Crippen molar-refractivity contribution in [3.63, 3.8) is 0 Å². The Hall–Kier alpha value is -3.88. The number of hydrogen-bond donors (Lipinski definition) is 3. The van der Waals surface area contributed by atoms with Gasteiger partial charge in [-0.1, -0.05) is 48.5 Å². The lowest BCUT2D eigenvalue weighted by atomic mass is 9.73. The van der Waals surface area contributed by atoms with Crippen molar-refractivity contribution in [3.05, 3.63) is 59.7 Å². The van der Waals surface area contributed by atoms with Gasteiger partial charge in [-0.2, -0.15) is 0 Å². The molecule has 0 bridgehead atoms. The molecule has 9 heteroatoms. The van der Waals surface area contributed by atoms with E-state index in [4.69, 9.17) is 4.74 Å². The largest absolute Gasteiger partial charge is 0.480 e. The summed E-state index contributed by atoms with van der Waals surface area (Å²) in [7, 11) is 0. The number of hydrogen-bond acceptors (Lipinski definition) is 5. The van der Waals surface area contributed by atoms with Crippen LogP contribution in [0, 0.1) is 5.41 Å². The third-order valence-corrected chi connectivity index (χ3v) is 7.29. The Labute approximate surface area is 203 Å². The fraction of sp³-hybridized carbons (Fsp3) is 0.385. The highest BCUT2D eigenvalue weighted by atomic mass is 16.5. The lowest BCUT2D eigenvalue weighted by Gasteiger charge is -2.42. The zero-order valence-electron chi connectivity index (χ0n) is 20.1. The number of amides is 3. The molecule has 2 aromatic rings. The monoisotopic (exact) mass is 479 g/mol. The Balaban J connectivity index is 1.45. The van der Waals surface area contributed by atoms with Crippen LogP contribution < -0.4 is 10.7 Å². The van der Waals surface area contributed by atoms with E-state index in [1.54, 1.807) is 27.7 Å². The van der Waals surface area contributed by atoms with E-state index in [0.29, 0.717) is 0 Å². The molecule has 1 heterocycles. The van der Waals surface area contributed by atoms with Crippen molar-refractivity contribution in [1.29, 1.82) is 0 Å². The Bertz CT molecular complexity index is 1160. The first-order chi connectivity index (χ1) is 16.4. The maximum atomic E-state index is 13.3. The van der Waals surface area contributed by atoms with Crippen molar-refractivity contribution in [2.24, 2.45) is 5.41 Å². The van der Waals surface area contributed by atoms with Crippen LogP contribution in [0.15, 0.2) is 48.5 Å². The topological polar surface area (TPSA) is 125 Å². The zero-order chi connectivity index (χ0) is 25.5. The summed E-state index contributed by atoms with van der Waals surface area (Å²) >= 11 is 0. The maximum Gasteiger partial charge on any atom is 0.407 e.